The highest BCUT2D eigenvalue weighted by Crippen LogP contribution is 2.55. The minimum atomic E-state index is -0.808. The van der Waals surface area contributed by atoms with Crippen LogP contribution in [0.3, 0.4) is 0 Å². The first kappa shape index (κ1) is 22.3. The summed E-state index contributed by atoms with van der Waals surface area (Å²) >= 11 is 0. The average molecular weight is 403 g/mol. The summed E-state index contributed by atoms with van der Waals surface area (Å²) in [5.74, 6) is -0.552. The maximum Gasteiger partial charge on any atom is 0.306 e. The quantitative estimate of drug-likeness (QED) is 0.576. The molecule has 4 heteroatoms. The van der Waals surface area contributed by atoms with Crippen molar-refractivity contribution in [2.45, 2.75) is 84.3 Å². The SMILES string of the molecule is C=C1C/C=C2\[C@@H](CC[C@@]2(C)O)/C(C)=C\C[C@@H]2[C@H]([C@H](C)C(=O)O)CC[C@@]2(C)C[C@H]1O. The number of rotatable bonds is 2. The van der Waals surface area contributed by atoms with Crippen molar-refractivity contribution in [1.29, 1.82) is 0 Å². The van der Waals surface area contributed by atoms with Crippen LogP contribution in [0.4, 0.5) is 0 Å². The molecule has 0 saturated heterocycles. The van der Waals surface area contributed by atoms with E-state index in [1.807, 2.05) is 13.8 Å². The first-order valence-corrected chi connectivity index (χ1v) is 11.1. The molecule has 0 radical (unpaired) electrons. The molecule has 3 aliphatic rings. The molecule has 0 spiro atoms. The minimum Gasteiger partial charge on any atom is -0.481 e. The van der Waals surface area contributed by atoms with Crippen LogP contribution in [0.5, 0.6) is 0 Å². The van der Waals surface area contributed by atoms with Crippen molar-refractivity contribution in [1.82, 2.24) is 0 Å². The fourth-order valence-corrected chi connectivity index (χ4v) is 6.25. The molecule has 0 aromatic rings. The van der Waals surface area contributed by atoms with Gasteiger partial charge in [-0.3, -0.25) is 4.79 Å². The van der Waals surface area contributed by atoms with Crippen molar-refractivity contribution in [3.63, 3.8) is 0 Å². The van der Waals surface area contributed by atoms with Crippen LogP contribution in [0.2, 0.25) is 0 Å². The van der Waals surface area contributed by atoms with Gasteiger partial charge < -0.3 is 15.3 Å². The predicted octanol–water partition coefficient (Wildman–Crippen LogP) is 4.87. The molecule has 0 aromatic carbocycles. The van der Waals surface area contributed by atoms with Crippen LogP contribution in [-0.2, 0) is 4.79 Å². The number of carboxylic acids is 1. The third-order valence-electron chi connectivity index (χ3n) is 8.37. The predicted molar refractivity (Wildman–Crippen MR) is 115 cm³/mol. The summed E-state index contributed by atoms with van der Waals surface area (Å²) in [5.41, 5.74) is 2.20. The number of fused-ring (bicyclic) bond motifs is 2. The highest BCUT2D eigenvalue weighted by Gasteiger charge is 2.48. The first-order chi connectivity index (χ1) is 13.5. The summed E-state index contributed by atoms with van der Waals surface area (Å²) in [7, 11) is 0. The summed E-state index contributed by atoms with van der Waals surface area (Å²) in [5, 5.41) is 31.4. The van der Waals surface area contributed by atoms with Crippen LogP contribution >= 0.6 is 0 Å². The van der Waals surface area contributed by atoms with E-state index in [1.165, 1.54) is 5.57 Å². The Kier molecular flexibility index (Phi) is 6.18. The zero-order chi connectivity index (χ0) is 21.6. The highest BCUT2D eigenvalue weighted by atomic mass is 16.4. The van der Waals surface area contributed by atoms with Crippen LogP contribution in [0.15, 0.2) is 35.5 Å². The molecule has 162 valence electrons. The Morgan fingerprint density at radius 1 is 1.24 bits per heavy atom. The highest BCUT2D eigenvalue weighted by molar-refractivity contribution is 5.70. The van der Waals surface area contributed by atoms with Gasteiger partial charge in [-0.05, 0) is 87.2 Å². The molecular formula is C25H38O4. The number of aliphatic hydroxyl groups is 2. The second-order valence-corrected chi connectivity index (χ2v) is 10.4. The van der Waals surface area contributed by atoms with Gasteiger partial charge in [-0.15, -0.1) is 0 Å². The maximum atomic E-state index is 11.7. The zero-order valence-electron chi connectivity index (χ0n) is 18.4. The smallest absolute Gasteiger partial charge is 0.306 e. The number of hydrogen-bond acceptors (Lipinski definition) is 3. The van der Waals surface area contributed by atoms with Crippen molar-refractivity contribution in [3.8, 4) is 0 Å². The Labute approximate surface area is 175 Å². The van der Waals surface area contributed by atoms with Crippen molar-refractivity contribution in [2.24, 2.45) is 29.1 Å². The second kappa shape index (κ2) is 8.03. The van der Waals surface area contributed by atoms with E-state index in [9.17, 15) is 20.1 Å². The van der Waals surface area contributed by atoms with E-state index in [0.29, 0.717) is 12.8 Å². The van der Waals surface area contributed by atoms with E-state index in [1.54, 1.807) is 0 Å². The van der Waals surface area contributed by atoms with Gasteiger partial charge in [0.25, 0.3) is 0 Å². The van der Waals surface area contributed by atoms with Gasteiger partial charge in [0, 0.05) is 5.92 Å². The van der Waals surface area contributed by atoms with Gasteiger partial charge in [-0.25, -0.2) is 0 Å². The molecular weight excluding hydrogens is 364 g/mol. The number of carboxylic acid groups (broad SMARTS) is 1. The molecule has 3 rings (SSSR count). The molecule has 2 fully saturated rings. The lowest BCUT2D eigenvalue weighted by Crippen LogP contribution is -2.34. The first-order valence-electron chi connectivity index (χ1n) is 11.1. The summed E-state index contributed by atoms with van der Waals surface area (Å²) in [6.45, 7) is 12.2. The van der Waals surface area contributed by atoms with E-state index in [2.05, 4.69) is 32.6 Å². The summed E-state index contributed by atoms with van der Waals surface area (Å²) < 4.78 is 0. The fourth-order valence-electron chi connectivity index (χ4n) is 6.25. The third kappa shape index (κ3) is 4.25. The summed E-state index contributed by atoms with van der Waals surface area (Å²) in [6, 6.07) is 0. The summed E-state index contributed by atoms with van der Waals surface area (Å²) in [4.78, 5) is 11.7. The molecule has 3 aliphatic carbocycles. The number of aliphatic carboxylic acids is 1. The third-order valence-corrected chi connectivity index (χ3v) is 8.37. The fraction of sp³-hybridized carbons (Fsp3) is 0.720. The zero-order valence-corrected chi connectivity index (χ0v) is 18.4. The Morgan fingerprint density at radius 3 is 2.59 bits per heavy atom. The number of carbonyl (C=O) groups is 1. The van der Waals surface area contributed by atoms with Crippen molar-refractivity contribution in [2.75, 3.05) is 0 Å². The molecule has 0 aliphatic heterocycles. The molecule has 4 nitrogen and oxygen atoms in total. The number of hydrogen-bond donors (Lipinski definition) is 3. The van der Waals surface area contributed by atoms with Gasteiger partial charge in [0.1, 0.15) is 0 Å². The van der Waals surface area contributed by atoms with Crippen molar-refractivity contribution < 1.29 is 20.1 Å². The number of allylic oxidation sites excluding steroid dienone is 3. The van der Waals surface area contributed by atoms with Gasteiger partial charge in [-0.1, -0.05) is 38.2 Å². The molecule has 7 atom stereocenters. The van der Waals surface area contributed by atoms with Gasteiger partial charge in [0.15, 0.2) is 0 Å². The van der Waals surface area contributed by atoms with Crippen molar-refractivity contribution in [3.05, 3.63) is 35.5 Å². The average Bonchev–Trinajstić information content (AvgIpc) is 3.12. The van der Waals surface area contributed by atoms with Gasteiger partial charge >= 0.3 is 5.97 Å². The Hall–Kier alpha value is -1.39. The van der Waals surface area contributed by atoms with E-state index in [4.69, 9.17) is 0 Å². The molecule has 0 unspecified atom stereocenters. The second-order valence-electron chi connectivity index (χ2n) is 10.4. The lowest BCUT2D eigenvalue weighted by atomic mass is 9.68. The van der Waals surface area contributed by atoms with E-state index in [-0.39, 0.29) is 29.1 Å². The molecule has 0 bridgehead atoms. The Balaban J connectivity index is 1.99. The maximum absolute atomic E-state index is 11.7. The van der Waals surface area contributed by atoms with Crippen LogP contribution in [0.25, 0.3) is 0 Å². The lowest BCUT2D eigenvalue weighted by Gasteiger charge is -2.37. The van der Waals surface area contributed by atoms with E-state index >= 15 is 0 Å². The molecule has 3 N–H and O–H groups in total. The van der Waals surface area contributed by atoms with Gasteiger partial charge in [0.2, 0.25) is 0 Å². The molecule has 0 amide bonds. The van der Waals surface area contributed by atoms with E-state index < -0.39 is 17.7 Å². The normalized spacial score (nSPS) is 45.7. The minimum absolute atomic E-state index is 0.0968. The van der Waals surface area contributed by atoms with Gasteiger partial charge in [-0.2, -0.15) is 0 Å². The molecule has 29 heavy (non-hydrogen) atoms. The Bertz CT molecular complexity index is 731. The van der Waals surface area contributed by atoms with Gasteiger partial charge in [0.05, 0.1) is 17.6 Å². The van der Waals surface area contributed by atoms with Crippen LogP contribution in [0, 0.1) is 29.1 Å². The molecule has 0 heterocycles. The largest absolute Gasteiger partial charge is 0.481 e. The van der Waals surface area contributed by atoms with Crippen molar-refractivity contribution >= 4 is 5.97 Å². The Morgan fingerprint density at radius 2 is 1.93 bits per heavy atom. The monoisotopic (exact) mass is 402 g/mol. The molecule has 2 saturated carbocycles. The summed E-state index contributed by atoms with van der Waals surface area (Å²) in [6.07, 6.45) is 9.30. The topological polar surface area (TPSA) is 77.8 Å². The van der Waals surface area contributed by atoms with E-state index in [0.717, 1.165) is 43.3 Å². The van der Waals surface area contributed by atoms with Crippen LogP contribution in [0.1, 0.15) is 72.6 Å². The lowest BCUT2D eigenvalue weighted by molar-refractivity contribution is -0.143. The molecule has 0 aromatic heterocycles. The van der Waals surface area contributed by atoms with Crippen LogP contribution in [-0.4, -0.2) is 33.0 Å². The van der Waals surface area contributed by atoms with Crippen LogP contribution < -0.4 is 0 Å². The standard InChI is InChI=1S/C25H38O4/c1-15-6-8-20-19(17(3)23(27)28)10-12-24(20,4)14-22(26)16(2)7-9-21-18(15)11-13-25(21,5)29/h6,9,17-20,22,26,29H,2,7-8,10-14H2,1,3-5H3,(H,27,28)/b15-6-,21-9+/t17-,18-,19-,20+,22+,24-,25+/m0/s1. The number of aliphatic hydroxyl groups excluding tert-OH is 1.